The minimum Gasteiger partial charge on any atom is -0.398 e. The van der Waals surface area contributed by atoms with Crippen molar-refractivity contribution in [3.63, 3.8) is 0 Å². The highest BCUT2D eigenvalue weighted by atomic mass is 16.5. The fourth-order valence-electron chi connectivity index (χ4n) is 1.68. The van der Waals surface area contributed by atoms with Crippen LogP contribution in [0.15, 0.2) is 24.3 Å². The highest BCUT2D eigenvalue weighted by Crippen LogP contribution is 2.12. The molecule has 0 aromatic heterocycles. The Balaban J connectivity index is 2.14. The van der Waals surface area contributed by atoms with Gasteiger partial charge in [0.05, 0.1) is 6.61 Å². The van der Waals surface area contributed by atoms with Crippen LogP contribution in [0.2, 0.25) is 0 Å². The summed E-state index contributed by atoms with van der Waals surface area (Å²) in [7, 11) is 3.78. The van der Waals surface area contributed by atoms with Gasteiger partial charge in [-0.05, 0) is 25.1 Å². The molecule has 0 aliphatic carbocycles. The Kier molecular flexibility index (Phi) is 7.41. The van der Waals surface area contributed by atoms with Crippen molar-refractivity contribution in [3.05, 3.63) is 29.8 Å². The lowest BCUT2D eigenvalue weighted by Gasteiger charge is -2.17. The number of para-hydroxylation sites is 1. The van der Waals surface area contributed by atoms with Crippen molar-refractivity contribution >= 4 is 5.69 Å². The maximum absolute atomic E-state index is 5.91. The number of hydrogen-bond acceptors (Lipinski definition) is 4. The molecule has 0 atom stereocenters. The fraction of sp³-hybridized carbons (Fsp3) is 0.571. The Morgan fingerprint density at radius 3 is 2.67 bits per heavy atom. The van der Waals surface area contributed by atoms with Gasteiger partial charge < -0.3 is 15.2 Å². The first-order valence-electron chi connectivity index (χ1n) is 6.32. The maximum Gasteiger partial charge on any atom is 0.0593 e. The summed E-state index contributed by atoms with van der Waals surface area (Å²) in [5, 5.41) is 0. The molecule has 0 spiro atoms. The van der Waals surface area contributed by atoms with Crippen LogP contribution in [0.4, 0.5) is 5.69 Å². The van der Waals surface area contributed by atoms with Gasteiger partial charge in [0.1, 0.15) is 0 Å². The predicted molar refractivity (Wildman–Crippen MR) is 74.5 cm³/mol. The van der Waals surface area contributed by atoms with Gasteiger partial charge in [-0.25, -0.2) is 0 Å². The summed E-state index contributed by atoms with van der Waals surface area (Å²) in [6.45, 7) is 4.02. The molecule has 2 N–H and O–H groups in total. The molecule has 1 rings (SSSR count). The zero-order valence-electron chi connectivity index (χ0n) is 11.4. The number of likely N-dealkylation sites (N-methyl/N-ethyl adjacent to an activating group) is 1. The Bertz CT molecular complexity index is 331. The molecule has 0 amide bonds. The number of hydrogen-bond donors (Lipinski definition) is 1. The molecule has 0 fully saturated rings. The standard InChI is InChI=1S/C14H24N2O2/c1-16(8-11-18-10-5-9-17-2)12-13-6-3-4-7-14(13)15/h3-4,6-7H,5,8-12,15H2,1-2H3. The lowest BCUT2D eigenvalue weighted by atomic mass is 10.2. The van der Waals surface area contributed by atoms with Gasteiger partial charge in [0, 0.05) is 39.1 Å². The molecular weight excluding hydrogens is 228 g/mol. The first kappa shape index (κ1) is 15.0. The van der Waals surface area contributed by atoms with Crippen LogP contribution in [0.25, 0.3) is 0 Å². The van der Waals surface area contributed by atoms with E-state index in [1.165, 1.54) is 5.56 Å². The van der Waals surface area contributed by atoms with Gasteiger partial charge in [-0.3, -0.25) is 4.90 Å². The van der Waals surface area contributed by atoms with Crippen molar-refractivity contribution in [1.29, 1.82) is 0 Å². The molecule has 1 aromatic rings. The summed E-state index contributed by atoms with van der Waals surface area (Å²) < 4.78 is 10.5. The smallest absolute Gasteiger partial charge is 0.0593 e. The molecule has 0 unspecified atom stereocenters. The van der Waals surface area contributed by atoms with E-state index in [4.69, 9.17) is 15.2 Å². The number of rotatable bonds is 9. The average Bonchev–Trinajstić information content (AvgIpc) is 2.36. The molecule has 18 heavy (non-hydrogen) atoms. The first-order valence-corrected chi connectivity index (χ1v) is 6.32. The van der Waals surface area contributed by atoms with Gasteiger partial charge in [0.15, 0.2) is 0 Å². The Morgan fingerprint density at radius 1 is 1.17 bits per heavy atom. The summed E-state index contributed by atoms with van der Waals surface area (Å²) in [6.07, 6.45) is 0.950. The summed E-state index contributed by atoms with van der Waals surface area (Å²) in [5.74, 6) is 0. The van der Waals surface area contributed by atoms with Crippen LogP contribution in [0.3, 0.4) is 0 Å². The third-order valence-corrected chi connectivity index (χ3v) is 2.75. The van der Waals surface area contributed by atoms with Gasteiger partial charge >= 0.3 is 0 Å². The molecule has 102 valence electrons. The predicted octanol–water partition coefficient (Wildman–Crippen LogP) is 1.75. The van der Waals surface area contributed by atoms with Crippen LogP contribution in [0.1, 0.15) is 12.0 Å². The van der Waals surface area contributed by atoms with Crippen LogP contribution < -0.4 is 5.73 Å². The van der Waals surface area contributed by atoms with Crippen LogP contribution in [-0.4, -0.2) is 45.4 Å². The topological polar surface area (TPSA) is 47.7 Å². The molecule has 4 heteroatoms. The molecule has 0 aliphatic heterocycles. The number of nitrogens with two attached hydrogens (primary N) is 1. The zero-order valence-corrected chi connectivity index (χ0v) is 11.4. The van der Waals surface area contributed by atoms with Gasteiger partial charge in [-0.1, -0.05) is 18.2 Å². The van der Waals surface area contributed by atoms with E-state index in [2.05, 4.69) is 18.0 Å². The van der Waals surface area contributed by atoms with E-state index < -0.39 is 0 Å². The van der Waals surface area contributed by atoms with Crippen LogP contribution in [-0.2, 0) is 16.0 Å². The van der Waals surface area contributed by atoms with Gasteiger partial charge in [0.2, 0.25) is 0 Å². The highest BCUT2D eigenvalue weighted by molar-refractivity contribution is 5.46. The molecule has 4 nitrogen and oxygen atoms in total. The van der Waals surface area contributed by atoms with E-state index in [9.17, 15) is 0 Å². The van der Waals surface area contributed by atoms with E-state index in [1.54, 1.807) is 7.11 Å². The molecule has 0 saturated heterocycles. The average molecular weight is 252 g/mol. The number of ether oxygens (including phenoxy) is 2. The minimum absolute atomic E-state index is 0.743. The van der Waals surface area contributed by atoms with Crippen molar-refractivity contribution in [3.8, 4) is 0 Å². The summed E-state index contributed by atoms with van der Waals surface area (Å²) in [6, 6.07) is 7.97. The molecule has 0 radical (unpaired) electrons. The van der Waals surface area contributed by atoms with Crippen molar-refractivity contribution in [2.24, 2.45) is 0 Å². The van der Waals surface area contributed by atoms with Crippen molar-refractivity contribution < 1.29 is 9.47 Å². The minimum atomic E-state index is 0.743. The Labute approximate surface area is 110 Å². The molecule has 1 aromatic carbocycles. The van der Waals surface area contributed by atoms with Crippen molar-refractivity contribution in [2.45, 2.75) is 13.0 Å². The van der Waals surface area contributed by atoms with E-state index in [-0.39, 0.29) is 0 Å². The highest BCUT2D eigenvalue weighted by Gasteiger charge is 2.02. The van der Waals surface area contributed by atoms with Gasteiger partial charge in [0.25, 0.3) is 0 Å². The second-order valence-corrected chi connectivity index (χ2v) is 4.40. The maximum atomic E-state index is 5.91. The third-order valence-electron chi connectivity index (χ3n) is 2.75. The van der Waals surface area contributed by atoms with E-state index in [0.717, 1.165) is 45.0 Å². The van der Waals surface area contributed by atoms with E-state index >= 15 is 0 Å². The molecule has 0 saturated carbocycles. The summed E-state index contributed by atoms with van der Waals surface area (Å²) in [5.41, 5.74) is 7.93. The monoisotopic (exact) mass is 252 g/mol. The number of nitrogens with zero attached hydrogens (tertiary/aromatic N) is 1. The summed E-state index contributed by atoms with van der Waals surface area (Å²) in [4.78, 5) is 2.21. The largest absolute Gasteiger partial charge is 0.398 e. The number of benzene rings is 1. The number of anilines is 1. The van der Waals surface area contributed by atoms with Crippen LogP contribution >= 0.6 is 0 Å². The number of nitrogen functional groups attached to an aromatic ring is 1. The quantitative estimate of drug-likeness (QED) is 0.537. The van der Waals surface area contributed by atoms with E-state index in [1.807, 2.05) is 18.2 Å². The van der Waals surface area contributed by atoms with Crippen LogP contribution in [0, 0.1) is 0 Å². The fourth-order valence-corrected chi connectivity index (χ4v) is 1.68. The molecule has 0 heterocycles. The zero-order chi connectivity index (χ0) is 13.2. The van der Waals surface area contributed by atoms with E-state index in [0.29, 0.717) is 0 Å². The Morgan fingerprint density at radius 2 is 1.94 bits per heavy atom. The SMILES string of the molecule is COCCCOCCN(C)Cc1ccccc1N. The van der Waals surface area contributed by atoms with Crippen molar-refractivity contribution in [1.82, 2.24) is 4.90 Å². The van der Waals surface area contributed by atoms with Crippen molar-refractivity contribution in [2.75, 3.05) is 46.3 Å². The summed E-state index contributed by atoms with van der Waals surface area (Å²) >= 11 is 0. The van der Waals surface area contributed by atoms with Crippen LogP contribution in [0.5, 0.6) is 0 Å². The second kappa shape index (κ2) is 8.91. The first-order chi connectivity index (χ1) is 8.74. The second-order valence-electron chi connectivity index (χ2n) is 4.40. The third kappa shape index (κ3) is 6.00. The Hall–Kier alpha value is -1.10. The molecular formula is C14H24N2O2. The lowest BCUT2D eigenvalue weighted by molar-refractivity contribution is 0.0876. The lowest BCUT2D eigenvalue weighted by Crippen LogP contribution is -2.23. The van der Waals surface area contributed by atoms with Gasteiger partial charge in [-0.15, -0.1) is 0 Å². The number of methoxy groups -OCH3 is 1. The molecule has 0 aliphatic rings. The van der Waals surface area contributed by atoms with Gasteiger partial charge in [-0.2, -0.15) is 0 Å². The normalized spacial score (nSPS) is 11.1. The molecule has 0 bridgehead atoms.